The van der Waals surface area contributed by atoms with Crippen LogP contribution in [0.3, 0.4) is 0 Å². The van der Waals surface area contributed by atoms with Gasteiger partial charge in [-0.2, -0.15) is 0 Å². The number of rotatable bonds is 5. The van der Waals surface area contributed by atoms with E-state index in [1.807, 2.05) is 62.4 Å². The van der Waals surface area contributed by atoms with Crippen molar-refractivity contribution in [2.45, 2.75) is 19.9 Å². The molecule has 1 atom stereocenters. The van der Waals surface area contributed by atoms with Crippen molar-refractivity contribution in [3.63, 3.8) is 0 Å². The minimum absolute atomic E-state index is 0.138. The predicted molar refractivity (Wildman–Crippen MR) is 93.0 cm³/mol. The summed E-state index contributed by atoms with van der Waals surface area (Å²) < 4.78 is 5.43. The van der Waals surface area contributed by atoms with Crippen LogP contribution in [0.25, 0.3) is 11.0 Å². The minimum Gasteiger partial charge on any atom is -0.494 e. The van der Waals surface area contributed by atoms with E-state index in [-0.39, 0.29) is 11.9 Å². The number of fused-ring (bicyclic) bond motifs is 1. The number of nitrogens with zero attached hydrogens (tertiary/aromatic N) is 2. The van der Waals surface area contributed by atoms with Gasteiger partial charge in [-0.05, 0) is 43.7 Å². The molecule has 3 rings (SSSR count). The van der Waals surface area contributed by atoms with E-state index in [0.717, 1.165) is 16.8 Å². The summed E-state index contributed by atoms with van der Waals surface area (Å²) in [6.45, 7) is 4.51. The summed E-state index contributed by atoms with van der Waals surface area (Å²) in [7, 11) is 0. The lowest BCUT2D eigenvalue weighted by atomic mass is 10.1. The molecular weight excluding hydrogens is 302 g/mol. The number of nitrogens with one attached hydrogen (secondary N) is 1. The van der Waals surface area contributed by atoms with Crippen LogP contribution >= 0.6 is 0 Å². The first-order valence-corrected chi connectivity index (χ1v) is 7.93. The second-order valence-electron chi connectivity index (χ2n) is 5.44. The Morgan fingerprint density at radius 2 is 1.83 bits per heavy atom. The first kappa shape index (κ1) is 15.9. The molecule has 2 aromatic carbocycles. The van der Waals surface area contributed by atoms with Gasteiger partial charge in [-0.15, -0.1) is 0 Å². The highest BCUT2D eigenvalue weighted by Crippen LogP contribution is 2.18. The van der Waals surface area contributed by atoms with Crippen molar-refractivity contribution < 1.29 is 9.53 Å². The van der Waals surface area contributed by atoms with Gasteiger partial charge in [-0.25, -0.2) is 4.98 Å². The lowest BCUT2D eigenvalue weighted by molar-refractivity contribution is 0.0935. The summed E-state index contributed by atoms with van der Waals surface area (Å²) in [6, 6.07) is 15.0. The Morgan fingerprint density at radius 1 is 1.12 bits per heavy atom. The largest absolute Gasteiger partial charge is 0.494 e. The highest BCUT2D eigenvalue weighted by Gasteiger charge is 2.13. The van der Waals surface area contributed by atoms with Crippen LogP contribution in [0.15, 0.2) is 54.7 Å². The maximum atomic E-state index is 12.4. The molecule has 0 bridgehead atoms. The molecule has 122 valence electrons. The van der Waals surface area contributed by atoms with Crippen molar-refractivity contribution in [3.05, 3.63) is 66.0 Å². The fourth-order valence-corrected chi connectivity index (χ4v) is 2.44. The number of amides is 1. The van der Waals surface area contributed by atoms with Crippen molar-refractivity contribution in [1.82, 2.24) is 15.3 Å². The molecule has 0 radical (unpaired) electrons. The Hall–Kier alpha value is -2.95. The van der Waals surface area contributed by atoms with Gasteiger partial charge in [0, 0.05) is 0 Å². The summed E-state index contributed by atoms with van der Waals surface area (Å²) in [5, 5.41) is 2.95. The molecule has 1 aromatic heterocycles. The third-order valence-corrected chi connectivity index (χ3v) is 3.72. The number of hydrogen-bond acceptors (Lipinski definition) is 4. The molecule has 1 N–H and O–H groups in total. The quantitative estimate of drug-likeness (QED) is 0.781. The summed E-state index contributed by atoms with van der Waals surface area (Å²) in [6.07, 6.45) is 1.50. The molecule has 1 heterocycles. The molecule has 0 saturated carbocycles. The standard InChI is InChI=1S/C19H19N3O2/c1-3-24-15-10-8-14(9-11-15)13(2)21-19(23)18-12-20-16-6-4-5-7-17(16)22-18/h4-13H,3H2,1-2H3,(H,21,23). The van der Waals surface area contributed by atoms with Crippen LogP contribution in [-0.2, 0) is 0 Å². The molecular formula is C19H19N3O2. The summed E-state index contributed by atoms with van der Waals surface area (Å²) >= 11 is 0. The number of carbonyl (C=O) groups is 1. The molecule has 0 aliphatic heterocycles. The third-order valence-electron chi connectivity index (χ3n) is 3.72. The van der Waals surface area contributed by atoms with Crippen molar-refractivity contribution >= 4 is 16.9 Å². The zero-order valence-corrected chi connectivity index (χ0v) is 13.7. The highest BCUT2D eigenvalue weighted by atomic mass is 16.5. The van der Waals surface area contributed by atoms with E-state index in [1.54, 1.807) is 0 Å². The van der Waals surface area contributed by atoms with Crippen LogP contribution in [0.4, 0.5) is 0 Å². The van der Waals surface area contributed by atoms with Gasteiger partial charge in [0.25, 0.3) is 5.91 Å². The zero-order valence-electron chi connectivity index (χ0n) is 13.7. The van der Waals surface area contributed by atoms with Crippen LogP contribution in [0.1, 0.15) is 35.9 Å². The smallest absolute Gasteiger partial charge is 0.271 e. The zero-order chi connectivity index (χ0) is 16.9. The third kappa shape index (κ3) is 3.51. The molecule has 1 amide bonds. The number of benzene rings is 2. The van der Waals surface area contributed by atoms with E-state index in [4.69, 9.17) is 4.74 Å². The van der Waals surface area contributed by atoms with Gasteiger partial charge < -0.3 is 10.1 Å². The van der Waals surface area contributed by atoms with Gasteiger partial charge in [-0.3, -0.25) is 9.78 Å². The van der Waals surface area contributed by atoms with Crippen LogP contribution in [0.5, 0.6) is 5.75 Å². The number of para-hydroxylation sites is 2. The number of aromatic nitrogens is 2. The van der Waals surface area contributed by atoms with Crippen LogP contribution in [0, 0.1) is 0 Å². The normalized spacial score (nSPS) is 11.9. The van der Waals surface area contributed by atoms with Crippen molar-refractivity contribution in [3.8, 4) is 5.75 Å². The summed E-state index contributed by atoms with van der Waals surface area (Å²) in [5.74, 6) is 0.579. The lowest BCUT2D eigenvalue weighted by Crippen LogP contribution is -2.27. The fraction of sp³-hybridized carbons (Fsp3) is 0.211. The maximum Gasteiger partial charge on any atom is 0.271 e. The van der Waals surface area contributed by atoms with E-state index < -0.39 is 0 Å². The van der Waals surface area contributed by atoms with Gasteiger partial charge in [0.05, 0.1) is 29.9 Å². The van der Waals surface area contributed by atoms with E-state index in [2.05, 4.69) is 15.3 Å². The Labute approximate surface area is 140 Å². The molecule has 24 heavy (non-hydrogen) atoms. The van der Waals surface area contributed by atoms with Crippen molar-refractivity contribution in [1.29, 1.82) is 0 Å². The summed E-state index contributed by atoms with van der Waals surface area (Å²) in [5.41, 5.74) is 2.79. The van der Waals surface area contributed by atoms with E-state index in [9.17, 15) is 4.79 Å². The van der Waals surface area contributed by atoms with Gasteiger partial charge in [0.15, 0.2) is 0 Å². The van der Waals surface area contributed by atoms with Crippen molar-refractivity contribution in [2.24, 2.45) is 0 Å². The average Bonchev–Trinajstić information content (AvgIpc) is 2.62. The molecule has 1 unspecified atom stereocenters. The minimum atomic E-state index is -0.241. The maximum absolute atomic E-state index is 12.4. The van der Waals surface area contributed by atoms with Crippen LogP contribution in [0.2, 0.25) is 0 Å². The van der Waals surface area contributed by atoms with Gasteiger partial charge in [0.2, 0.25) is 0 Å². The number of carbonyl (C=O) groups excluding carboxylic acids is 1. The number of ether oxygens (including phenoxy) is 1. The van der Waals surface area contributed by atoms with Gasteiger partial charge >= 0.3 is 0 Å². The molecule has 5 nitrogen and oxygen atoms in total. The fourth-order valence-electron chi connectivity index (χ4n) is 2.44. The molecule has 0 saturated heterocycles. The Kier molecular flexibility index (Phi) is 4.70. The molecule has 0 aliphatic rings. The van der Waals surface area contributed by atoms with Crippen molar-refractivity contribution in [2.75, 3.05) is 6.61 Å². The highest BCUT2D eigenvalue weighted by molar-refractivity contribution is 5.94. The Morgan fingerprint density at radius 3 is 2.54 bits per heavy atom. The van der Waals surface area contributed by atoms with E-state index in [1.165, 1.54) is 6.20 Å². The first-order valence-electron chi connectivity index (χ1n) is 7.93. The van der Waals surface area contributed by atoms with Crippen LogP contribution < -0.4 is 10.1 Å². The molecule has 3 aromatic rings. The monoisotopic (exact) mass is 321 g/mol. The average molecular weight is 321 g/mol. The second-order valence-corrected chi connectivity index (χ2v) is 5.44. The number of hydrogen-bond donors (Lipinski definition) is 1. The van der Waals surface area contributed by atoms with E-state index >= 15 is 0 Å². The Bertz CT molecular complexity index is 847. The predicted octanol–water partition coefficient (Wildman–Crippen LogP) is 3.52. The van der Waals surface area contributed by atoms with Gasteiger partial charge in [-0.1, -0.05) is 24.3 Å². The first-order chi connectivity index (χ1) is 11.7. The Balaban J connectivity index is 1.72. The molecule has 5 heteroatoms. The SMILES string of the molecule is CCOc1ccc(C(C)NC(=O)c2cnc3ccccc3n2)cc1. The lowest BCUT2D eigenvalue weighted by Gasteiger charge is -2.14. The topological polar surface area (TPSA) is 64.1 Å². The van der Waals surface area contributed by atoms with Crippen LogP contribution in [-0.4, -0.2) is 22.5 Å². The summed E-state index contributed by atoms with van der Waals surface area (Å²) in [4.78, 5) is 21.0. The molecule has 0 spiro atoms. The van der Waals surface area contributed by atoms with Gasteiger partial charge in [0.1, 0.15) is 11.4 Å². The molecule has 0 aliphatic carbocycles. The van der Waals surface area contributed by atoms with E-state index in [0.29, 0.717) is 17.8 Å². The molecule has 0 fully saturated rings. The second kappa shape index (κ2) is 7.08.